The summed E-state index contributed by atoms with van der Waals surface area (Å²) in [4.78, 5) is 0. The zero-order valence-corrected chi connectivity index (χ0v) is 13.5. The van der Waals surface area contributed by atoms with Crippen LogP contribution in [-0.4, -0.2) is 0 Å². The first-order valence-electron chi connectivity index (χ1n) is 4.71. The Balaban J connectivity index is -0.000000143. The van der Waals surface area contributed by atoms with Gasteiger partial charge in [-0.1, -0.05) is 52.4 Å². The maximum absolute atomic E-state index is 3.76. The molecule has 0 atom stereocenters. The summed E-state index contributed by atoms with van der Waals surface area (Å²) < 4.78 is 0. The molecule has 0 N–H and O–H groups in total. The number of rotatable bonds is 0. The Labute approximate surface area is 98.6 Å². The summed E-state index contributed by atoms with van der Waals surface area (Å²) in [5, 5.41) is 0. The second kappa shape index (κ2) is 7.98. The maximum atomic E-state index is 3.76. The van der Waals surface area contributed by atoms with Crippen LogP contribution in [0.15, 0.2) is 0 Å². The van der Waals surface area contributed by atoms with Gasteiger partial charge in [0.2, 0.25) is 0 Å². The standard InChI is InChI=1S/2C6H13.Zn/c2*1-5-6(2,3)4;/h2*1,5H2,2-4H3;/q2*-1;+2. The van der Waals surface area contributed by atoms with Crippen LogP contribution in [-0.2, 0) is 19.5 Å². The van der Waals surface area contributed by atoms with Gasteiger partial charge in [0.15, 0.2) is 0 Å². The summed E-state index contributed by atoms with van der Waals surface area (Å²) in [6.45, 7) is 20.6. The van der Waals surface area contributed by atoms with Crippen LogP contribution in [0.3, 0.4) is 0 Å². The van der Waals surface area contributed by atoms with Gasteiger partial charge in [-0.3, -0.25) is 0 Å². The fourth-order valence-corrected chi connectivity index (χ4v) is 0. The van der Waals surface area contributed by atoms with E-state index in [0.29, 0.717) is 10.8 Å². The minimum absolute atomic E-state index is 0. The van der Waals surface area contributed by atoms with Crippen molar-refractivity contribution < 1.29 is 19.5 Å². The molecule has 0 unspecified atom stereocenters. The van der Waals surface area contributed by atoms with Crippen LogP contribution in [0.25, 0.3) is 0 Å². The molecule has 0 aromatic rings. The topological polar surface area (TPSA) is 0 Å². The van der Waals surface area contributed by atoms with Crippen LogP contribution < -0.4 is 0 Å². The van der Waals surface area contributed by atoms with Crippen molar-refractivity contribution in [3.8, 4) is 0 Å². The van der Waals surface area contributed by atoms with E-state index in [-0.39, 0.29) is 19.5 Å². The zero-order chi connectivity index (χ0) is 10.4. The molecule has 0 saturated heterocycles. The molecule has 76 valence electrons. The van der Waals surface area contributed by atoms with Crippen molar-refractivity contribution in [2.75, 3.05) is 0 Å². The van der Waals surface area contributed by atoms with Gasteiger partial charge in [0.25, 0.3) is 0 Å². The Morgan fingerprint density at radius 2 is 0.769 bits per heavy atom. The molecule has 0 aliphatic rings. The van der Waals surface area contributed by atoms with Gasteiger partial charge in [0.05, 0.1) is 0 Å². The quantitative estimate of drug-likeness (QED) is 0.428. The average Bonchev–Trinajstić information content (AvgIpc) is 1.86. The fraction of sp³-hybridized carbons (Fsp3) is 0.833. The van der Waals surface area contributed by atoms with Crippen molar-refractivity contribution in [3.63, 3.8) is 0 Å². The van der Waals surface area contributed by atoms with E-state index in [9.17, 15) is 0 Å². The first-order chi connectivity index (χ1) is 5.12. The Hall–Kier alpha value is 0.623. The monoisotopic (exact) mass is 234 g/mol. The molecule has 0 aliphatic heterocycles. The van der Waals surface area contributed by atoms with Crippen LogP contribution in [0.2, 0.25) is 0 Å². The van der Waals surface area contributed by atoms with Crippen LogP contribution in [0, 0.1) is 24.7 Å². The van der Waals surface area contributed by atoms with Gasteiger partial charge >= 0.3 is 19.5 Å². The summed E-state index contributed by atoms with van der Waals surface area (Å²) >= 11 is 0. The molecule has 0 amide bonds. The van der Waals surface area contributed by atoms with Crippen LogP contribution in [0.4, 0.5) is 0 Å². The molecule has 0 heterocycles. The van der Waals surface area contributed by atoms with Gasteiger partial charge in [-0.2, -0.15) is 12.8 Å². The van der Waals surface area contributed by atoms with E-state index in [1.165, 1.54) is 0 Å². The Kier molecular flexibility index (Phi) is 11.8. The van der Waals surface area contributed by atoms with Crippen molar-refractivity contribution in [3.05, 3.63) is 13.8 Å². The molecule has 0 nitrogen and oxygen atoms in total. The normalized spacial score (nSPS) is 11.1. The van der Waals surface area contributed by atoms with Crippen molar-refractivity contribution in [1.82, 2.24) is 0 Å². The van der Waals surface area contributed by atoms with Crippen molar-refractivity contribution in [2.45, 2.75) is 54.4 Å². The molecule has 13 heavy (non-hydrogen) atoms. The van der Waals surface area contributed by atoms with E-state index in [4.69, 9.17) is 0 Å². The molecule has 0 aromatic heterocycles. The molecule has 1 heteroatoms. The molecule has 0 spiro atoms. The largest absolute Gasteiger partial charge is 2.00 e. The zero-order valence-electron chi connectivity index (χ0n) is 10.5. The molecule has 0 radical (unpaired) electrons. The maximum Gasteiger partial charge on any atom is 2.00 e. The Morgan fingerprint density at radius 3 is 0.769 bits per heavy atom. The summed E-state index contributed by atoms with van der Waals surface area (Å²) in [5.41, 5.74) is 0.861. The van der Waals surface area contributed by atoms with Crippen molar-refractivity contribution in [1.29, 1.82) is 0 Å². The predicted octanol–water partition coefficient (Wildman–Crippen LogP) is 4.51. The third kappa shape index (κ3) is 32.5. The van der Waals surface area contributed by atoms with Gasteiger partial charge in [-0.25, -0.2) is 0 Å². The third-order valence-corrected chi connectivity index (χ3v) is 1.50. The van der Waals surface area contributed by atoms with Crippen LogP contribution in [0.1, 0.15) is 54.4 Å². The first kappa shape index (κ1) is 19.2. The van der Waals surface area contributed by atoms with E-state index >= 15 is 0 Å². The molecular weight excluding hydrogens is 210 g/mol. The van der Waals surface area contributed by atoms with E-state index < -0.39 is 0 Å². The van der Waals surface area contributed by atoms with E-state index in [1.807, 2.05) is 0 Å². The fourth-order valence-electron chi connectivity index (χ4n) is 0. The van der Waals surface area contributed by atoms with E-state index in [1.54, 1.807) is 0 Å². The van der Waals surface area contributed by atoms with E-state index in [0.717, 1.165) is 12.8 Å². The number of hydrogen-bond donors (Lipinski definition) is 0. The molecule has 0 rings (SSSR count). The molecule has 0 saturated carbocycles. The van der Waals surface area contributed by atoms with Crippen molar-refractivity contribution >= 4 is 0 Å². The van der Waals surface area contributed by atoms with Gasteiger partial charge in [0, 0.05) is 0 Å². The smallest absolute Gasteiger partial charge is 0.343 e. The summed E-state index contributed by atoms with van der Waals surface area (Å²) in [6.07, 6.45) is 2.04. The molecular formula is C12H26Zn. The molecule has 0 aliphatic carbocycles. The SMILES string of the molecule is [CH2-]CC(C)(C)C.[CH2-]CC(C)(C)C.[Zn+2]. The predicted molar refractivity (Wildman–Crippen MR) is 58.9 cm³/mol. The van der Waals surface area contributed by atoms with E-state index in [2.05, 4.69) is 55.4 Å². The van der Waals surface area contributed by atoms with Crippen LogP contribution in [0.5, 0.6) is 0 Å². The van der Waals surface area contributed by atoms with Gasteiger partial charge in [-0.15, -0.1) is 0 Å². The molecule has 0 aromatic carbocycles. The number of hydrogen-bond acceptors (Lipinski definition) is 0. The van der Waals surface area contributed by atoms with Gasteiger partial charge in [-0.05, 0) is 0 Å². The summed E-state index contributed by atoms with van der Waals surface area (Å²) in [6, 6.07) is 0. The Morgan fingerprint density at radius 1 is 0.692 bits per heavy atom. The van der Waals surface area contributed by atoms with Gasteiger partial charge < -0.3 is 13.8 Å². The third-order valence-electron chi connectivity index (χ3n) is 1.50. The minimum Gasteiger partial charge on any atom is -0.343 e. The summed E-state index contributed by atoms with van der Waals surface area (Å²) in [5.74, 6) is 0. The summed E-state index contributed by atoms with van der Waals surface area (Å²) in [7, 11) is 0. The second-order valence-electron chi connectivity index (χ2n) is 5.62. The molecule has 0 fully saturated rings. The average molecular weight is 236 g/mol. The molecule has 0 bridgehead atoms. The Bertz CT molecular complexity index is 78.7. The first-order valence-corrected chi connectivity index (χ1v) is 4.71. The second-order valence-corrected chi connectivity index (χ2v) is 5.62. The van der Waals surface area contributed by atoms with Crippen LogP contribution >= 0.6 is 0 Å². The van der Waals surface area contributed by atoms with Gasteiger partial charge in [0.1, 0.15) is 0 Å². The van der Waals surface area contributed by atoms with Crippen molar-refractivity contribution in [2.24, 2.45) is 10.8 Å². The minimum atomic E-state index is 0.